The molecule has 3 aliphatic rings. The number of rotatable bonds is 3. The Labute approximate surface area is 144 Å². The van der Waals surface area contributed by atoms with Gasteiger partial charge in [-0.15, -0.1) is 0 Å². The van der Waals surface area contributed by atoms with Gasteiger partial charge >= 0.3 is 0 Å². The van der Waals surface area contributed by atoms with Crippen molar-refractivity contribution in [2.45, 2.75) is 25.4 Å². The van der Waals surface area contributed by atoms with Crippen LogP contribution in [0.25, 0.3) is 0 Å². The molecule has 7 nitrogen and oxygen atoms in total. The summed E-state index contributed by atoms with van der Waals surface area (Å²) >= 11 is 1.24. The Morgan fingerprint density at radius 1 is 1.33 bits per heavy atom. The van der Waals surface area contributed by atoms with E-state index in [1.54, 1.807) is 0 Å². The standard InChI is InChI=1S/C16H19N5O2S/c22-13(18-11-5-4-9-2-1-3-10(9)6-11)8-24-16-19-14-12(7-17-21-14)15(23)20-16/h4-6,12,14,17,21H,1-3,7-8H2,(H,18,22)(H,19,20,23). The summed E-state index contributed by atoms with van der Waals surface area (Å²) in [4.78, 5) is 28.5. The summed E-state index contributed by atoms with van der Waals surface area (Å²) in [6.07, 6.45) is 3.15. The van der Waals surface area contributed by atoms with Gasteiger partial charge in [0.25, 0.3) is 0 Å². The van der Waals surface area contributed by atoms with E-state index in [1.165, 1.54) is 29.3 Å². The van der Waals surface area contributed by atoms with Gasteiger partial charge in [0.15, 0.2) is 5.17 Å². The Balaban J connectivity index is 1.33. The number of anilines is 1. The fourth-order valence-corrected chi connectivity index (χ4v) is 3.96. The van der Waals surface area contributed by atoms with Crippen molar-refractivity contribution in [2.24, 2.45) is 10.9 Å². The number of hydrogen-bond donors (Lipinski definition) is 4. The minimum absolute atomic E-state index is 0.0611. The molecule has 0 aromatic heterocycles. The Hall–Kier alpha value is -1.90. The van der Waals surface area contributed by atoms with E-state index in [0.29, 0.717) is 11.7 Å². The molecule has 0 radical (unpaired) electrons. The fourth-order valence-electron chi connectivity index (χ4n) is 3.25. The van der Waals surface area contributed by atoms with Crippen molar-refractivity contribution in [2.75, 3.05) is 17.6 Å². The topological polar surface area (TPSA) is 94.6 Å². The number of fused-ring (bicyclic) bond motifs is 2. The number of thioether (sulfide) groups is 1. The smallest absolute Gasteiger partial charge is 0.234 e. The molecule has 0 bridgehead atoms. The van der Waals surface area contributed by atoms with Crippen LogP contribution >= 0.6 is 11.8 Å². The van der Waals surface area contributed by atoms with Crippen molar-refractivity contribution in [1.82, 2.24) is 16.2 Å². The van der Waals surface area contributed by atoms with Crippen LogP contribution in [0.4, 0.5) is 5.69 Å². The first-order valence-electron chi connectivity index (χ1n) is 8.10. The number of benzene rings is 1. The van der Waals surface area contributed by atoms with Gasteiger partial charge in [-0.3, -0.25) is 15.0 Å². The van der Waals surface area contributed by atoms with Crippen molar-refractivity contribution in [3.63, 3.8) is 0 Å². The van der Waals surface area contributed by atoms with Crippen LogP contribution < -0.4 is 21.5 Å². The van der Waals surface area contributed by atoms with E-state index in [4.69, 9.17) is 0 Å². The van der Waals surface area contributed by atoms with E-state index in [9.17, 15) is 9.59 Å². The lowest BCUT2D eigenvalue weighted by Crippen LogP contribution is -2.46. The van der Waals surface area contributed by atoms with E-state index >= 15 is 0 Å². The number of aliphatic imine (C=N–C) groups is 1. The minimum Gasteiger partial charge on any atom is -0.325 e. The SMILES string of the molecule is O=C(CSC1=NC2NNCC2C(=O)N1)Nc1ccc2c(c1)CCC2. The number of hydrogen-bond acceptors (Lipinski definition) is 6. The van der Waals surface area contributed by atoms with Crippen LogP contribution in [0.15, 0.2) is 23.2 Å². The van der Waals surface area contributed by atoms with Crippen LogP contribution in [0.3, 0.4) is 0 Å². The second kappa shape index (κ2) is 6.54. The summed E-state index contributed by atoms with van der Waals surface area (Å²) in [5, 5.41) is 6.16. The van der Waals surface area contributed by atoms with Crippen LogP contribution in [-0.2, 0) is 22.4 Å². The zero-order valence-corrected chi connectivity index (χ0v) is 13.9. The zero-order chi connectivity index (χ0) is 16.5. The number of amides is 2. The summed E-state index contributed by atoms with van der Waals surface area (Å²) in [7, 11) is 0. The highest BCUT2D eigenvalue weighted by atomic mass is 32.2. The van der Waals surface area contributed by atoms with Gasteiger partial charge < -0.3 is 10.6 Å². The first-order valence-corrected chi connectivity index (χ1v) is 9.09. The van der Waals surface area contributed by atoms with Crippen LogP contribution in [0.5, 0.6) is 0 Å². The predicted octanol–water partition coefficient (Wildman–Crippen LogP) is 0.383. The summed E-state index contributed by atoms with van der Waals surface area (Å²) < 4.78 is 0. The maximum absolute atomic E-state index is 12.1. The number of hydrazine groups is 1. The van der Waals surface area contributed by atoms with Crippen molar-refractivity contribution >= 4 is 34.4 Å². The van der Waals surface area contributed by atoms with Gasteiger partial charge in [0.2, 0.25) is 11.8 Å². The van der Waals surface area contributed by atoms with Gasteiger partial charge in [-0.05, 0) is 42.5 Å². The third-order valence-corrected chi connectivity index (χ3v) is 5.39. The molecule has 4 N–H and O–H groups in total. The molecule has 126 valence electrons. The summed E-state index contributed by atoms with van der Waals surface area (Å²) in [6.45, 7) is 0.566. The van der Waals surface area contributed by atoms with Crippen molar-refractivity contribution in [3.05, 3.63) is 29.3 Å². The lowest BCUT2D eigenvalue weighted by Gasteiger charge is -2.21. The highest BCUT2D eigenvalue weighted by Crippen LogP contribution is 2.25. The molecule has 2 aliphatic heterocycles. The number of nitrogens with zero attached hydrogens (tertiary/aromatic N) is 1. The molecule has 8 heteroatoms. The molecular formula is C16H19N5O2S. The van der Waals surface area contributed by atoms with Gasteiger partial charge in [-0.25, -0.2) is 10.4 Å². The quantitative estimate of drug-likeness (QED) is 0.635. The zero-order valence-electron chi connectivity index (χ0n) is 13.1. The second-order valence-electron chi connectivity index (χ2n) is 6.17. The Bertz CT molecular complexity index is 720. The highest BCUT2D eigenvalue weighted by Gasteiger charge is 2.36. The molecule has 2 atom stereocenters. The van der Waals surface area contributed by atoms with Gasteiger partial charge in [-0.1, -0.05) is 17.8 Å². The van der Waals surface area contributed by atoms with Gasteiger partial charge in [-0.2, -0.15) is 0 Å². The Morgan fingerprint density at radius 3 is 3.12 bits per heavy atom. The highest BCUT2D eigenvalue weighted by molar-refractivity contribution is 8.14. The van der Waals surface area contributed by atoms with Crippen molar-refractivity contribution in [1.29, 1.82) is 0 Å². The van der Waals surface area contributed by atoms with E-state index in [1.807, 2.05) is 6.07 Å². The maximum Gasteiger partial charge on any atom is 0.234 e. The molecule has 4 rings (SSSR count). The average Bonchev–Trinajstić information content (AvgIpc) is 3.21. The molecule has 1 aliphatic carbocycles. The van der Waals surface area contributed by atoms with Gasteiger partial charge in [0, 0.05) is 12.2 Å². The lowest BCUT2D eigenvalue weighted by atomic mass is 10.1. The summed E-state index contributed by atoms with van der Waals surface area (Å²) in [6, 6.07) is 6.10. The molecular weight excluding hydrogens is 326 g/mol. The first kappa shape index (κ1) is 15.6. The van der Waals surface area contributed by atoms with Crippen LogP contribution in [-0.4, -0.2) is 35.4 Å². The third-order valence-electron chi connectivity index (χ3n) is 4.50. The van der Waals surface area contributed by atoms with E-state index in [0.717, 1.165) is 18.5 Å². The van der Waals surface area contributed by atoms with E-state index in [-0.39, 0.29) is 29.7 Å². The monoisotopic (exact) mass is 345 g/mol. The number of amidine groups is 1. The minimum atomic E-state index is -0.249. The lowest BCUT2D eigenvalue weighted by molar-refractivity contribution is -0.123. The molecule has 2 heterocycles. The molecule has 2 amide bonds. The maximum atomic E-state index is 12.1. The normalized spacial score (nSPS) is 24.8. The molecule has 24 heavy (non-hydrogen) atoms. The molecule has 1 aromatic carbocycles. The molecule has 1 fully saturated rings. The van der Waals surface area contributed by atoms with Crippen molar-refractivity contribution < 1.29 is 9.59 Å². The van der Waals surface area contributed by atoms with Crippen LogP contribution in [0.2, 0.25) is 0 Å². The van der Waals surface area contributed by atoms with Gasteiger partial charge in [0.1, 0.15) is 6.17 Å². The number of carbonyl (C=O) groups excluding carboxylic acids is 2. The summed E-state index contributed by atoms with van der Waals surface area (Å²) in [5.74, 6) is -0.140. The Morgan fingerprint density at radius 2 is 2.21 bits per heavy atom. The molecule has 1 aromatic rings. The number of carbonyl (C=O) groups is 2. The van der Waals surface area contributed by atoms with Crippen molar-refractivity contribution in [3.8, 4) is 0 Å². The largest absolute Gasteiger partial charge is 0.325 e. The van der Waals surface area contributed by atoms with Crippen LogP contribution in [0.1, 0.15) is 17.5 Å². The first-order chi connectivity index (χ1) is 11.7. The van der Waals surface area contributed by atoms with E-state index in [2.05, 4.69) is 38.6 Å². The third kappa shape index (κ3) is 3.17. The van der Waals surface area contributed by atoms with Crippen LogP contribution in [0, 0.1) is 5.92 Å². The number of aryl methyl sites for hydroxylation is 2. The fraction of sp³-hybridized carbons (Fsp3) is 0.438. The molecule has 2 unspecified atom stereocenters. The number of nitrogens with one attached hydrogen (secondary N) is 4. The molecule has 1 saturated heterocycles. The molecule has 0 saturated carbocycles. The molecule has 0 spiro atoms. The Kier molecular flexibility index (Phi) is 4.26. The van der Waals surface area contributed by atoms with E-state index < -0.39 is 0 Å². The van der Waals surface area contributed by atoms with Gasteiger partial charge in [0.05, 0.1) is 11.7 Å². The predicted molar refractivity (Wildman–Crippen MR) is 93.5 cm³/mol. The average molecular weight is 345 g/mol. The second-order valence-corrected chi connectivity index (χ2v) is 7.14. The summed E-state index contributed by atoms with van der Waals surface area (Å²) in [5.41, 5.74) is 9.43.